The van der Waals surface area contributed by atoms with Gasteiger partial charge in [0.2, 0.25) is 5.95 Å². The van der Waals surface area contributed by atoms with E-state index in [1.165, 1.54) is 7.11 Å². The van der Waals surface area contributed by atoms with Gasteiger partial charge >= 0.3 is 5.97 Å². The number of nitrogens with one attached hydrogen (secondary N) is 1. The summed E-state index contributed by atoms with van der Waals surface area (Å²) < 4.78 is 12.8. The van der Waals surface area contributed by atoms with Gasteiger partial charge in [-0.2, -0.15) is 0 Å². The van der Waals surface area contributed by atoms with E-state index in [0.717, 1.165) is 53.4 Å². The predicted octanol–water partition coefficient (Wildman–Crippen LogP) is 5.88. The van der Waals surface area contributed by atoms with Crippen molar-refractivity contribution in [1.29, 1.82) is 0 Å². The second kappa shape index (κ2) is 10.5. The minimum Gasteiger partial charge on any atom is -0.494 e. The van der Waals surface area contributed by atoms with E-state index in [0.29, 0.717) is 13.0 Å². The molecular weight excluding hydrogens is 402 g/mol. The van der Waals surface area contributed by atoms with Crippen LogP contribution in [0, 0.1) is 0 Å². The van der Waals surface area contributed by atoms with Crippen molar-refractivity contribution in [1.82, 2.24) is 9.55 Å². The molecule has 0 aliphatic rings. The fourth-order valence-corrected chi connectivity index (χ4v) is 3.56. The van der Waals surface area contributed by atoms with Crippen LogP contribution in [0.5, 0.6) is 5.75 Å². The Kier molecular flexibility index (Phi) is 7.02. The summed E-state index contributed by atoms with van der Waals surface area (Å²) in [4.78, 5) is 16.0. The minimum atomic E-state index is -0.162. The Balaban J connectivity index is 1.53. The molecule has 0 radical (unpaired) electrons. The number of esters is 1. The average molecular weight is 430 g/mol. The van der Waals surface area contributed by atoms with Crippen molar-refractivity contribution >= 4 is 28.6 Å². The number of methoxy groups -OCH3 is 1. The van der Waals surface area contributed by atoms with Gasteiger partial charge in [0.25, 0.3) is 0 Å². The van der Waals surface area contributed by atoms with Gasteiger partial charge in [0.15, 0.2) is 0 Å². The van der Waals surface area contributed by atoms with Crippen LogP contribution in [0.4, 0.5) is 11.6 Å². The maximum absolute atomic E-state index is 11.2. The number of nitrogens with zero attached hydrogens (tertiary/aromatic N) is 2. The van der Waals surface area contributed by atoms with Crippen molar-refractivity contribution in [2.24, 2.45) is 0 Å². The lowest BCUT2D eigenvalue weighted by Crippen LogP contribution is -2.02. The van der Waals surface area contributed by atoms with Gasteiger partial charge in [0, 0.05) is 23.9 Å². The zero-order valence-corrected chi connectivity index (χ0v) is 18.2. The molecule has 0 unspecified atom stereocenters. The number of imidazole rings is 1. The van der Waals surface area contributed by atoms with Crippen molar-refractivity contribution in [3.05, 3.63) is 78.9 Å². The Labute approximate surface area is 187 Å². The first-order valence-electron chi connectivity index (χ1n) is 10.8. The summed E-state index contributed by atoms with van der Waals surface area (Å²) in [7, 11) is 1.42. The van der Waals surface area contributed by atoms with Gasteiger partial charge in [0.05, 0.1) is 24.8 Å². The number of hydrogen-bond donors (Lipinski definition) is 1. The molecule has 0 aliphatic carbocycles. The number of rotatable bonds is 10. The number of carbonyl (C=O) groups is 1. The van der Waals surface area contributed by atoms with E-state index < -0.39 is 0 Å². The van der Waals surface area contributed by atoms with E-state index in [1.807, 2.05) is 66.7 Å². The van der Waals surface area contributed by atoms with Gasteiger partial charge in [0.1, 0.15) is 5.75 Å². The van der Waals surface area contributed by atoms with E-state index >= 15 is 0 Å². The summed E-state index contributed by atoms with van der Waals surface area (Å²) in [6.45, 7) is 0.598. The number of benzene rings is 3. The second-order valence-electron chi connectivity index (χ2n) is 7.48. The highest BCUT2D eigenvalue weighted by Crippen LogP contribution is 2.29. The SMILES string of the molecule is COC(=O)CCCCCOc1ccc2nc(Nc3ccccc3)n(-c3ccccc3)c2c1. The van der Waals surface area contributed by atoms with Crippen molar-refractivity contribution < 1.29 is 14.3 Å². The Bertz CT molecular complexity index is 1160. The van der Waals surface area contributed by atoms with Crippen LogP contribution in [0.2, 0.25) is 0 Å². The predicted molar refractivity (Wildman–Crippen MR) is 127 cm³/mol. The largest absolute Gasteiger partial charge is 0.494 e. The van der Waals surface area contributed by atoms with Crippen molar-refractivity contribution in [2.75, 3.05) is 19.0 Å². The molecule has 0 amide bonds. The first-order valence-corrected chi connectivity index (χ1v) is 10.8. The summed E-state index contributed by atoms with van der Waals surface area (Å²) in [6, 6.07) is 26.1. The third-order valence-electron chi connectivity index (χ3n) is 5.19. The third kappa shape index (κ3) is 5.27. The summed E-state index contributed by atoms with van der Waals surface area (Å²) in [6.07, 6.45) is 3.07. The van der Waals surface area contributed by atoms with Gasteiger partial charge < -0.3 is 14.8 Å². The normalized spacial score (nSPS) is 10.8. The molecule has 1 aromatic heterocycles. The van der Waals surface area contributed by atoms with Crippen molar-refractivity contribution in [3.63, 3.8) is 0 Å². The van der Waals surface area contributed by atoms with E-state index in [2.05, 4.69) is 26.8 Å². The molecule has 32 heavy (non-hydrogen) atoms. The zero-order chi connectivity index (χ0) is 22.2. The number of hydrogen-bond acceptors (Lipinski definition) is 5. The van der Waals surface area contributed by atoms with Gasteiger partial charge in [-0.15, -0.1) is 0 Å². The molecule has 164 valence electrons. The number of aromatic nitrogens is 2. The highest BCUT2D eigenvalue weighted by molar-refractivity contribution is 5.83. The Morgan fingerprint density at radius 2 is 1.69 bits per heavy atom. The van der Waals surface area contributed by atoms with Crippen molar-refractivity contribution in [3.8, 4) is 11.4 Å². The van der Waals surface area contributed by atoms with Gasteiger partial charge in [-0.1, -0.05) is 36.4 Å². The molecular formula is C26H27N3O3. The first kappa shape index (κ1) is 21.4. The van der Waals surface area contributed by atoms with Crippen LogP contribution in [0.3, 0.4) is 0 Å². The molecule has 0 atom stereocenters. The van der Waals surface area contributed by atoms with E-state index in [9.17, 15) is 4.79 Å². The van der Waals surface area contributed by atoms with Crippen LogP contribution in [-0.2, 0) is 9.53 Å². The lowest BCUT2D eigenvalue weighted by Gasteiger charge is -2.11. The Hall–Kier alpha value is -3.80. The Morgan fingerprint density at radius 1 is 0.938 bits per heavy atom. The first-order chi connectivity index (χ1) is 15.7. The smallest absolute Gasteiger partial charge is 0.305 e. The highest BCUT2D eigenvalue weighted by Gasteiger charge is 2.14. The Morgan fingerprint density at radius 3 is 2.44 bits per heavy atom. The number of fused-ring (bicyclic) bond motifs is 1. The molecule has 6 nitrogen and oxygen atoms in total. The molecule has 0 bridgehead atoms. The molecule has 1 heterocycles. The van der Waals surface area contributed by atoms with Crippen molar-refractivity contribution in [2.45, 2.75) is 25.7 Å². The minimum absolute atomic E-state index is 0.162. The maximum Gasteiger partial charge on any atom is 0.305 e. The van der Waals surface area contributed by atoms with Crippen LogP contribution in [-0.4, -0.2) is 29.2 Å². The van der Waals surface area contributed by atoms with Crippen LogP contribution < -0.4 is 10.1 Å². The molecule has 0 saturated carbocycles. The van der Waals surface area contributed by atoms with Gasteiger partial charge in [-0.3, -0.25) is 9.36 Å². The van der Waals surface area contributed by atoms with Crippen LogP contribution in [0.25, 0.3) is 16.7 Å². The number of ether oxygens (including phenoxy) is 2. The summed E-state index contributed by atoms with van der Waals surface area (Å²) in [5.74, 6) is 1.39. The molecule has 0 fully saturated rings. The molecule has 0 aliphatic heterocycles. The number of anilines is 2. The molecule has 3 aromatic carbocycles. The quantitative estimate of drug-likeness (QED) is 0.252. The lowest BCUT2D eigenvalue weighted by molar-refractivity contribution is -0.140. The summed E-state index contributed by atoms with van der Waals surface area (Å²) in [5, 5.41) is 3.43. The molecule has 6 heteroatoms. The standard InChI is InChI=1S/C26H27N3O3/c1-31-25(30)15-9-4-10-18-32-22-16-17-23-24(19-22)29(21-13-7-3-8-14-21)26(28-23)27-20-11-5-2-6-12-20/h2-3,5-8,11-14,16-17,19H,4,9-10,15,18H2,1H3,(H,27,28). The average Bonchev–Trinajstić information content (AvgIpc) is 3.19. The number of para-hydroxylation sites is 2. The maximum atomic E-state index is 11.2. The monoisotopic (exact) mass is 429 g/mol. The molecule has 4 aromatic rings. The van der Waals surface area contributed by atoms with Gasteiger partial charge in [-0.05, 0) is 55.7 Å². The molecule has 1 N–H and O–H groups in total. The lowest BCUT2D eigenvalue weighted by atomic mass is 10.2. The molecule has 4 rings (SSSR count). The number of carbonyl (C=O) groups excluding carboxylic acids is 1. The van der Waals surface area contributed by atoms with E-state index in [-0.39, 0.29) is 5.97 Å². The molecule has 0 saturated heterocycles. The number of unbranched alkanes of at least 4 members (excludes halogenated alkanes) is 2. The second-order valence-corrected chi connectivity index (χ2v) is 7.48. The van der Waals surface area contributed by atoms with Crippen LogP contribution in [0.15, 0.2) is 78.9 Å². The van der Waals surface area contributed by atoms with E-state index in [1.54, 1.807) is 0 Å². The molecule has 0 spiro atoms. The van der Waals surface area contributed by atoms with E-state index in [4.69, 9.17) is 9.72 Å². The topological polar surface area (TPSA) is 65.4 Å². The fourth-order valence-electron chi connectivity index (χ4n) is 3.56. The fraction of sp³-hybridized carbons (Fsp3) is 0.231. The summed E-state index contributed by atoms with van der Waals surface area (Å²) >= 11 is 0. The highest BCUT2D eigenvalue weighted by atomic mass is 16.5. The zero-order valence-electron chi connectivity index (χ0n) is 18.2. The van der Waals surface area contributed by atoms with Gasteiger partial charge in [-0.25, -0.2) is 4.98 Å². The summed E-state index contributed by atoms with van der Waals surface area (Å²) in [5.41, 5.74) is 3.85. The van der Waals surface area contributed by atoms with Crippen LogP contribution >= 0.6 is 0 Å². The third-order valence-corrected chi connectivity index (χ3v) is 5.19. The van der Waals surface area contributed by atoms with Crippen LogP contribution in [0.1, 0.15) is 25.7 Å².